The van der Waals surface area contributed by atoms with E-state index >= 15 is 0 Å². The van der Waals surface area contributed by atoms with E-state index in [-0.39, 0.29) is 11.9 Å². The number of nitrogens with zero attached hydrogens (tertiary/aromatic N) is 2. The molecule has 2 N–H and O–H groups in total. The Kier molecular flexibility index (Phi) is 5.05. The molecule has 0 bridgehead atoms. The molecule has 1 aliphatic carbocycles. The van der Waals surface area contributed by atoms with Crippen molar-refractivity contribution in [2.45, 2.75) is 56.4 Å². The summed E-state index contributed by atoms with van der Waals surface area (Å²) in [5.74, 6) is -0.322. The molecule has 0 saturated heterocycles. The minimum Gasteiger partial charge on any atom is -0.336 e. The van der Waals surface area contributed by atoms with Crippen molar-refractivity contribution in [3.63, 3.8) is 0 Å². The highest BCUT2D eigenvalue weighted by Gasteiger charge is 2.24. The normalized spacial score (nSPS) is 14.7. The van der Waals surface area contributed by atoms with Crippen molar-refractivity contribution >= 4 is 45.3 Å². The minimum absolute atomic E-state index is 0.0179. The van der Waals surface area contributed by atoms with Crippen molar-refractivity contribution in [1.29, 1.82) is 0 Å². The third-order valence-electron chi connectivity index (χ3n) is 3.78. The maximum absolute atomic E-state index is 12.2. The highest BCUT2D eigenvalue weighted by molar-refractivity contribution is 8.00. The molecule has 0 saturated carbocycles. The largest absolute Gasteiger partial charge is 0.336 e. The van der Waals surface area contributed by atoms with Gasteiger partial charge < -0.3 is 5.32 Å². The van der Waals surface area contributed by atoms with Crippen molar-refractivity contribution in [3.8, 4) is 0 Å². The van der Waals surface area contributed by atoms with Crippen LogP contribution < -0.4 is 10.6 Å². The van der Waals surface area contributed by atoms with Gasteiger partial charge in [-0.1, -0.05) is 11.8 Å². The number of hydrogen-bond donors (Lipinski definition) is 2. The fourth-order valence-corrected chi connectivity index (χ4v) is 4.96. The van der Waals surface area contributed by atoms with Crippen LogP contribution in [-0.2, 0) is 17.6 Å². The van der Waals surface area contributed by atoms with E-state index in [1.807, 2.05) is 13.8 Å². The molecule has 2 heterocycles. The fourth-order valence-electron chi connectivity index (χ4n) is 2.72. The Morgan fingerprint density at radius 1 is 1.25 bits per heavy atom. The molecule has 24 heavy (non-hydrogen) atoms. The van der Waals surface area contributed by atoms with Crippen LogP contribution in [-0.4, -0.2) is 33.2 Å². The zero-order valence-electron chi connectivity index (χ0n) is 13.9. The van der Waals surface area contributed by atoms with Crippen LogP contribution in [0.25, 0.3) is 10.2 Å². The van der Waals surface area contributed by atoms with Crippen LogP contribution in [0.5, 0.6) is 0 Å². The first kappa shape index (κ1) is 17.2. The summed E-state index contributed by atoms with van der Waals surface area (Å²) in [7, 11) is 0. The van der Waals surface area contributed by atoms with E-state index in [0.29, 0.717) is 0 Å². The van der Waals surface area contributed by atoms with Gasteiger partial charge in [0.25, 0.3) is 0 Å². The smallest absolute Gasteiger partial charge is 0.321 e. The lowest BCUT2D eigenvalue weighted by molar-refractivity contribution is -0.119. The molecule has 0 radical (unpaired) electrons. The Labute approximate surface area is 148 Å². The summed E-state index contributed by atoms with van der Waals surface area (Å²) in [6.45, 7) is 5.47. The van der Waals surface area contributed by atoms with E-state index in [2.05, 4.69) is 20.6 Å². The summed E-state index contributed by atoms with van der Waals surface area (Å²) in [6.07, 6.45) is 4.87. The number of thiophene rings is 1. The summed E-state index contributed by atoms with van der Waals surface area (Å²) in [5, 5.41) is 6.52. The zero-order valence-corrected chi connectivity index (χ0v) is 15.5. The molecule has 3 rings (SSSR count). The third kappa shape index (κ3) is 3.54. The predicted molar refractivity (Wildman–Crippen MR) is 96.6 cm³/mol. The van der Waals surface area contributed by atoms with Crippen molar-refractivity contribution in [2.24, 2.45) is 0 Å². The standard InChI is InChI=1S/C16H20N4O2S2/c1-8(2)19-16(22)20-13(21)9(3)23-14-12-10-5-4-6-11(10)24-15(12)18-7-17-14/h7-9H,4-6H2,1-3H3,(H2,19,20,21,22)/t9-/m0/s1. The highest BCUT2D eigenvalue weighted by Crippen LogP contribution is 2.40. The number of carbonyl (C=O) groups is 2. The van der Waals surface area contributed by atoms with Gasteiger partial charge in [-0.2, -0.15) is 0 Å². The number of carbonyl (C=O) groups excluding carboxylic acids is 2. The number of nitrogens with one attached hydrogen (secondary N) is 2. The van der Waals surface area contributed by atoms with Gasteiger partial charge in [0.15, 0.2) is 0 Å². The van der Waals surface area contributed by atoms with E-state index < -0.39 is 11.3 Å². The molecule has 1 aliphatic rings. The van der Waals surface area contributed by atoms with E-state index in [1.54, 1.807) is 24.6 Å². The van der Waals surface area contributed by atoms with Crippen molar-refractivity contribution < 1.29 is 9.59 Å². The van der Waals surface area contributed by atoms with Crippen LogP contribution in [0.1, 0.15) is 37.6 Å². The highest BCUT2D eigenvalue weighted by atomic mass is 32.2. The van der Waals surface area contributed by atoms with Crippen LogP contribution in [0.15, 0.2) is 11.4 Å². The molecule has 128 valence electrons. The lowest BCUT2D eigenvalue weighted by atomic mass is 10.2. The van der Waals surface area contributed by atoms with Crippen molar-refractivity contribution in [3.05, 3.63) is 16.8 Å². The molecule has 1 atom stereocenters. The van der Waals surface area contributed by atoms with Gasteiger partial charge in [-0.05, 0) is 45.6 Å². The fraction of sp³-hybridized carbons (Fsp3) is 0.500. The average Bonchev–Trinajstić information content (AvgIpc) is 3.06. The summed E-state index contributed by atoms with van der Waals surface area (Å²) in [4.78, 5) is 35.0. The summed E-state index contributed by atoms with van der Waals surface area (Å²) in [6, 6.07) is -0.484. The number of urea groups is 1. The molecule has 0 fully saturated rings. The Morgan fingerprint density at radius 2 is 2.04 bits per heavy atom. The zero-order chi connectivity index (χ0) is 17.3. The van der Waals surface area contributed by atoms with Crippen LogP contribution in [0.4, 0.5) is 4.79 Å². The van der Waals surface area contributed by atoms with E-state index in [1.165, 1.54) is 28.6 Å². The van der Waals surface area contributed by atoms with Gasteiger partial charge in [0.05, 0.1) is 5.25 Å². The molecule has 2 aromatic heterocycles. The molecule has 0 spiro atoms. The second kappa shape index (κ2) is 7.06. The number of imide groups is 1. The maximum Gasteiger partial charge on any atom is 0.321 e. The molecule has 0 unspecified atom stereocenters. The minimum atomic E-state index is -0.466. The summed E-state index contributed by atoms with van der Waals surface area (Å²) < 4.78 is 0. The molecular weight excluding hydrogens is 344 g/mol. The van der Waals surface area contributed by atoms with E-state index in [4.69, 9.17) is 0 Å². The van der Waals surface area contributed by atoms with Crippen LogP contribution >= 0.6 is 23.1 Å². The second-order valence-electron chi connectivity index (χ2n) is 6.09. The Hall–Kier alpha value is -1.67. The number of amides is 3. The quantitative estimate of drug-likeness (QED) is 0.644. The Balaban J connectivity index is 1.75. The Bertz CT molecular complexity index is 788. The van der Waals surface area contributed by atoms with E-state index in [9.17, 15) is 9.59 Å². The SMILES string of the molecule is CC(C)NC(=O)NC(=O)[C@H](C)Sc1ncnc2sc3c(c12)CCC3. The average molecular weight is 364 g/mol. The molecule has 3 amide bonds. The van der Waals surface area contributed by atoms with Crippen molar-refractivity contribution in [2.75, 3.05) is 0 Å². The summed E-state index contributed by atoms with van der Waals surface area (Å²) >= 11 is 3.10. The molecule has 6 nitrogen and oxygen atoms in total. The number of aromatic nitrogens is 2. The lowest BCUT2D eigenvalue weighted by Gasteiger charge is -2.13. The van der Waals surface area contributed by atoms with Gasteiger partial charge >= 0.3 is 6.03 Å². The monoisotopic (exact) mass is 364 g/mol. The van der Waals surface area contributed by atoms with Gasteiger partial charge in [0.1, 0.15) is 16.2 Å². The van der Waals surface area contributed by atoms with Gasteiger partial charge in [0.2, 0.25) is 5.91 Å². The second-order valence-corrected chi connectivity index (χ2v) is 8.51. The number of fused-ring (bicyclic) bond motifs is 3. The number of aryl methyl sites for hydroxylation is 2. The molecule has 8 heteroatoms. The molecular formula is C16H20N4O2S2. The molecule has 2 aromatic rings. The number of thioether (sulfide) groups is 1. The number of rotatable bonds is 4. The van der Waals surface area contributed by atoms with Gasteiger partial charge in [0, 0.05) is 16.3 Å². The summed E-state index contributed by atoms with van der Waals surface area (Å²) in [5.41, 5.74) is 1.34. The first-order valence-corrected chi connectivity index (χ1v) is 9.68. The predicted octanol–water partition coefficient (Wildman–Crippen LogP) is 2.89. The lowest BCUT2D eigenvalue weighted by Crippen LogP contribution is -2.45. The first-order chi connectivity index (χ1) is 11.5. The van der Waals surface area contributed by atoms with Crippen LogP contribution in [0.2, 0.25) is 0 Å². The topological polar surface area (TPSA) is 84.0 Å². The van der Waals surface area contributed by atoms with Gasteiger partial charge in [-0.3, -0.25) is 10.1 Å². The third-order valence-corrected chi connectivity index (χ3v) is 6.08. The first-order valence-electron chi connectivity index (χ1n) is 7.99. The van der Waals surface area contributed by atoms with Crippen molar-refractivity contribution in [1.82, 2.24) is 20.6 Å². The van der Waals surface area contributed by atoms with Crippen LogP contribution in [0.3, 0.4) is 0 Å². The van der Waals surface area contributed by atoms with E-state index in [0.717, 1.165) is 28.1 Å². The van der Waals surface area contributed by atoms with Gasteiger partial charge in [-0.25, -0.2) is 14.8 Å². The van der Waals surface area contributed by atoms with Crippen LogP contribution in [0, 0.1) is 0 Å². The molecule has 0 aromatic carbocycles. The maximum atomic E-state index is 12.2. The Morgan fingerprint density at radius 3 is 2.79 bits per heavy atom. The molecule has 0 aliphatic heterocycles. The van der Waals surface area contributed by atoms with Gasteiger partial charge in [-0.15, -0.1) is 11.3 Å². The number of hydrogen-bond acceptors (Lipinski definition) is 6.